The van der Waals surface area contributed by atoms with Crippen LogP contribution in [-0.2, 0) is 52.2 Å². The highest BCUT2D eigenvalue weighted by Crippen LogP contribution is 2.70. The van der Waals surface area contributed by atoms with Crippen molar-refractivity contribution >= 4 is 5.78 Å². The first kappa shape index (κ1) is 53.9. The average Bonchev–Trinajstić information content (AvgIpc) is 3.92. The Balaban J connectivity index is 0.944. The van der Waals surface area contributed by atoms with Crippen molar-refractivity contribution in [3.63, 3.8) is 0 Å². The number of Topliss-reactive ketones (excluding diaryl/α,β-unsaturated/α-hetero) is 1. The Kier molecular flexibility index (Phi) is 14.8. The van der Waals surface area contributed by atoms with Gasteiger partial charge in [-0.15, -0.1) is 0 Å². The average molecular weight is 1040 g/mol. The van der Waals surface area contributed by atoms with E-state index in [0.717, 1.165) is 5.57 Å². The predicted octanol–water partition coefficient (Wildman–Crippen LogP) is -4.98. The van der Waals surface area contributed by atoms with Gasteiger partial charge in [0.1, 0.15) is 78.8 Å². The maximum Gasteiger partial charge on any atom is 0.203 e. The first-order valence-electron chi connectivity index (χ1n) is 25.5. The number of aliphatic hydroxyl groups excluding tert-OH is 12. The van der Waals surface area contributed by atoms with Crippen LogP contribution in [0.5, 0.6) is 0 Å². The predicted molar refractivity (Wildman–Crippen MR) is 235 cm³/mol. The largest absolute Gasteiger partial charge is 0.396 e. The van der Waals surface area contributed by atoms with Gasteiger partial charge < -0.3 is 114 Å². The van der Waals surface area contributed by atoms with Crippen molar-refractivity contribution in [3.8, 4) is 0 Å². The van der Waals surface area contributed by atoms with Crippen LogP contribution in [0, 0.1) is 46.3 Å². The Hall–Kier alpha value is -1.51. The lowest BCUT2D eigenvalue weighted by Gasteiger charge is -2.60. The van der Waals surface area contributed by atoms with Gasteiger partial charge in [-0.3, -0.25) is 4.79 Å². The Morgan fingerprint density at radius 1 is 0.736 bits per heavy atom. The van der Waals surface area contributed by atoms with Gasteiger partial charge in [-0.05, 0) is 49.9 Å². The third kappa shape index (κ3) is 8.33. The highest BCUT2D eigenvalue weighted by molar-refractivity contribution is 5.90. The lowest BCUT2D eigenvalue weighted by Crippen LogP contribution is -2.66. The van der Waals surface area contributed by atoms with E-state index in [-0.39, 0.29) is 30.6 Å². The molecule has 24 heteroatoms. The molecule has 0 bridgehead atoms. The van der Waals surface area contributed by atoms with Crippen molar-refractivity contribution in [1.29, 1.82) is 0 Å². The van der Waals surface area contributed by atoms with Crippen LogP contribution in [-0.4, -0.2) is 246 Å². The summed E-state index contributed by atoms with van der Waals surface area (Å²) < 4.78 is 61.3. The smallest absolute Gasteiger partial charge is 0.203 e. The van der Waals surface area contributed by atoms with Crippen molar-refractivity contribution in [2.75, 3.05) is 39.6 Å². The Morgan fingerprint density at radius 2 is 1.43 bits per heavy atom. The van der Waals surface area contributed by atoms with Crippen molar-refractivity contribution in [3.05, 3.63) is 11.6 Å². The van der Waals surface area contributed by atoms with Gasteiger partial charge in [0, 0.05) is 35.5 Å². The fourth-order valence-electron chi connectivity index (χ4n) is 14.6. The number of ether oxygens (including phenoxy) is 10. The first-order valence-corrected chi connectivity index (χ1v) is 25.5. The van der Waals surface area contributed by atoms with Crippen LogP contribution in [0.25, 0.3) is 0 Å². The number of fused-ring (bicyclic) bond motifs is 7. The van der Waals surface area contributed by atoms with Crippen LogP contribution in [0.1, 0.15) is 59.8 Å². The zero-order valence-corrected chi connectivity index (χ0v) is 40.7. The van der Waals surface area contributed by atoms with Crippen molar-refractivity contribution in [1.82, 2.24) is 0 Å². The standard InChI is InChI=1S/C48H74O24/c1-17-12-66-48(39(60)29(17)54)23(11-49)28-36(72-48)32(57)27-21-6-5-19-9-20(51)10-26(46(19,4)22(21)7-8-45(27,28)3)68-43-38(35(25(53)14-64-43)69-41-33(58)31(56)24(52)13-63-41)71-42-34(59)37(30(55)18(2)67-42)70-44-40(61)47(62,15-50)16-65-44/h5,17-18,20-31,33-44,49-56,58-62H,6-16H2,1-4H3/t17-,18-,20+,21+,22-,23-,24+,25-,26+,27+,28-,29+,30-,31-,33+,34+,35-,36+,37+,38+,39-,40-,41-,42-,43-,44-,45-,46-,47+,48-/m0/s1. The highest BCUT2D eigenvalue weighted by atomic mass is 16.8. The van der Waals surface area contributed by atoms with Crippen molar-refractivity contribution < 1.29 is 119 Å². The molecule has 0 aromatic heterocycles. The Bertz CT molecular complexity index is 2000. The highest BCUT2D eigenvalue weighted by Gasteiger charge is 2.76. The maximum absolute atomic E-state index is 15.0. The van der Waals surface area contributed by atoms with Crippen LogP contribution in [0.4, 0.5) is 0 Å². The molecule has 24 nitrogen and oxygen atoms in total. The summed E-state index contributed by atoms with van der Waals surface area (Å²) in [5.41, 5.74) is -2.83. The molecule has 30 atom stereocenters. The molecule has 10 rings (SSSR count). The molecule has 6 heterocycles. The van der Waals surface area contributed by atoms with Gasteiger partial charge in [-0.2, -0.15) is 0 Å². The molecule has 1 spiro atoms. The molecule has 6 aliphatic heterocycles. The summed E-state index contributed by atoms with van der Waals surface area (Å²) >= 11 is 0. The summed E-state index contributed by atoms with van der Waals surface area (Å²) in [7, 11) is 0. The SMILES string of the molecule is C[C@@H]1O[C@@H](O[C@H]2[C@H](O[C@@H]3C[C@H](O)CC4=CC[C@H]5[C@@H]6C(=O)[C@@H]7O[C@@]8(OC[C@H](C)[C@@H](O)[C@@H]8O)[C@@H](CO)[C@@H]7[C@@]6(C)CC[C@@H]5[C@]43C)OC[C@H](O)[C@@H]2O[C@@H]2OC[C@@H](O)[C@H](O)[C@H]2O)[C@H](O)[C@H](O[C@@H]2OC[C@](O)(CO)[C@H]2O)[C@H]1O. The minimum atomic E-state index is -2.10. The molecule has 6 saturated heterocycles. The third-order valence-electron chi connectivity index (χ3n) is 18.8. The van der Waals surface area contributed by atoms with Gasteiger partial charge in [-0.1, -0.05) is 32.4 Å². The third-order valence-corrected chi connectivity index (χ3v) is 18.8. The summed E-state index contributed by atoms with van der Waals surface area (Å²) in [6.07, 6.45) is -26.0. The molecule has 0 aromatic rings. The molecule has 4 aliphatic carbocycles. The van der Waals surface area contributed by atoms with E-state index in [1.54, 1.807) is 6.92 Å². The summed E-state index contributed by atoms with van der Waals surface area (Å²) in [5, 5.41) is 142. The molecule has 0 amide bonds. The topological polar surface area (TPSA) is 372 Å². The van der Waals surface area contributed by atoms with Crippen LogP contribution in [0.15, 0.2) is 11.6 Å². The van der Waals surface area contributed by atoms with Crippen molar-refractivity contribution in [2.45, 2.75) is 194 Å². The summed E-state index contributed by atoms with van der Waals surface area (Å²) in [5.74, 6) is -4.83. The van der Waals surface area contributed by atoms with E-state index in [1.807, 2.05) is 19.9 Å². The molecule has 9 fully saturated rings. The molecule has 72 heavy (non-hydrogen) atoms. The van der Waals surface area contributed by atoms with Gasteiger partial charge in [0.25, 0.3) is 0 Å². The van der Waals surface area contributed by atoms with Gasteiger partial charge in [0.05, 0.1) is 64.1 Å². The Labute approximate surface area is 415 Å². The lowest BCUT2D eigenvalue weighted by atomic mass is 9.46. The van der Waals surface area contributed by atoms with E-state index in [9.17, 15) is 71.2 Å². The molecule has 0 aromatic carbocycles. The van der Waals surface area contributed by atoms with Crippen LogP contribution in [0.2, 0.25) is 0 Å². The summed E-state index contributed by atoms with van der Waals surface area (Å²) in [6, 6.07) is 0. The van der Waals surface area contributed by atoms with Gasteiger partial charge >= 0.3 is 0 Å². The fourth-order valence-corrected chi connectivity index (χ4v) is 14.6. The van der Waals surface area contributed by atoms with Crippen LogP contribution >= 0.6 is 0 Å². The van der Waals surface area contributed by atoms with Gasteiger partial charge in [0.2, 0.25) is 5.79 Å². The van der Waals surface area contributed by atoms with E-state index < -0.39 is 202 Å². The second kappa shape index (κ2) is 19.7. The van der Waals surface area contributed by atoms with Crippen LogP contribution in [0.3, 0.4) is 0 Å². The number of carbonyl (C=O) groups is 1. The molecule has 3 saturated carbocycles. The van der Waals surface area contributed by atoms with Crippen molar-refractivity contribution in [2.24, 2.45) is 46.3 Å². The summed E-state index contributed by atoms with van der Waals surface area (Å²) in [6.45, 7) is 4.48. The van der Waals surface area contributed by atoms with Crippen LogP contribution < -0.4 is 0 Å². The number of carbonyl (C=O) groups excluding carboxylic acids is 1. The Morgan fingerprint density at radius 3 is 2.14 bits per heavy atom. The zero-order valence-electron chi connectivity index (χ0n) is 40.7. The van der Waals surface area contributed by atoms with Gasteiger partial charge in [-0.25, -0.2) is 0 Å². The number of rotatable bonds is 10. The minimum absolute atomic E-state index is 0.0583. The quantitative estimate of drug-likeness (QED) is 0.0912. The van der Waals surface area contributed by atoms with Gasteiger partial charge in [0.15, 0.2) is 30.9 Å². The molecule has 0 unspecified atom stereocenters. The number of ketones is 1. The molecular weight excluding hydrogens is 961 g/mol. The number of aliphatic hydroxyl groups is 13. The second-order valence-corrected chi connectivity index (χ2v) is 22.9. The van der Waals surface area contributed by atoms with E-state index in [1.165, 1.54) is 6.92 Å². The van der Waals surface area contributed by atoms with E-state index in [0.29, 0.717) is 25.7 Å². The molecular formula is C48H74O24. The van der Waals surface area contributed by atoms with E-state index >= 15 is 0 Å². The second-order valence-electron chi connectivity index (χ2n) is 22.9. The number of allylic oxidation sites excluding steroid dienone is 1. The minimum Gasteiger partial charge on any atom is -0.396 e. The molecule has 13 N–H and O–H groups in total. The first-order chi connectivity index (χ1) is 34.0. The van der Waals surface area contributed by atoms with E-state index in [4.69, 9.17) is 47.4 Å². The zero-order chi connectivity index (χ0) is 51.7. The number of hydrogen-bond acceptors (Lipinski definition) is 24. The summed E-state index contributed by atoms with van der Waals surface area (Å²) in [4.78, 5) is 15.0. The molecule has 0 radical (unpaired) electrons. The monoisotopic (exact) mass is 1030 g/mol. The lowest BCUT2D eigenvalue weighted by molar-refractivity contribution is -0.387. The fraction of sp³-hybridized carbons (Fsp3) is 0.938. The number of hydrogen-bond donors (Lipinski definition) is 13. The molecule has 410 valence electrons. The molecule has 10 aliphatic rings. The maximum atomic E-state index is 15.0. The normalized spacial score (nSPS) is 57.6. The van der Waals surface area contributed by atoms with E-state index in [2.05, 4.69) is 0 Å².